The van der Waals surface area contributed by atoms with Gasteiger partial charge in [0.15, 0.2) is 0 Å². The van der Waals surface area contributed by atoms with E-state index in [1.54, 1.807) is 6.08 Å². The van der Waals surface area contributed by atoms with E-state index < -0.39 is 0 Å². The van der Waals surface area contributed by atoms with Gasteiger partial charge < -0.3 is 5.32 Å². The number of hydrogen-bond donors (Lipinski definition) is 1. The van der Waals surface area contributed by atoms with Crippen LogP contribution in [0.15, 0.2) is 66.7 Å². The van der Waals surface area contributed by atoms with Gasteiger partial charge in [-0.2, -0.15) is 0 Å². The first-order valence-electron chi connectivity index (χ1n) is 7.44. The highest BCUT2D eigenvalue weighted by Crippen LogP contribution is 2.06. The fraction of sp³-hybridized carbons (Fsp3) is 0.211. The first-order chi connectivity index (χ1) is 10.3. The van der Waals surface area contributed by atoms with Crippen molar-refractivity contribution in [2.75, 3.05) is 5.32 Å². The molecule has 0 bridgehead atoms. The summed E-state index contributed by atoms with van der Waals surface area (Å²) in [5, 5.41) is 2.79. The third kappa shape index (κ3) is 8.43. The van der Waals surface area contributed by atoms with Crippen LogP contribution in [-0.4, -0.2) is 5.91 Å². The van der Waals surface area contributed by atoms with Gasteiger partial charge in [-0.25, -0.2) is 0 Å². The summed E-state index contributed by atoms with van der Waals surface area (Å²) in [5.41, 5.74) is 1.81. The third-order valence-corrected chi connectivity index (χ3v) is 2.27. The fourth-order valence-electron chi connectivity index (χ4n) is 1.44. The van der Waals surface area contributed by atoms with Crippen molar-refractivity contribution < 1.29 is 4.79 Å². The van der Waals surface area contributed by atoms with Gasteiger partial charge >= 0.3 is 0 Å². The Labute approximate surface area is 128 Å². The number of amides is 1. The van der Waals surface area contributed by atoms with Crippen molar-refractivity contribution in [2.24, 2.45) is 0 Å². The Hall–Kier alpha value is -2.35. The molecule has 0 aliphatic carbocycles. The van der Waals surface area contributed by atoms with E-state index in [-0.39, 0.29) is 5.91 Å². The molecule has 2 aromatic rings. The second-order valence-corrected chi connectivity index (χ2v) is 3.60. The molecule has 2 nitrogen and oxygen atoms in total. The van der Waals surface area contributed by atoms with E-state index in [0.29, 0.717) is 0 Å². The third-order valence-electron chi connectivity index (χ3n) is 2.27. The lowest BCUT2D eigenvalue weighted by molar-refractivity contribution is -0.111. The first-order valence-corrected chi connectivity index (χ1v) is 7.44. The zero-order valence-corrected chi connectivity index (χ0v) is 13.3. The van der Waals surface area contributed by atoms with Crippen molar-refractivity contribution in [3.8, 4) is 0 Å². The molecule has 0 aliphatic heterocycles. The lowest BCUT2D eigenvalue weighted by Crippen LogP contribution is -2.07. The molecule has 0 heterocycles. The normalized spacial score (nSPS) is 8.95. The largest absolute Gasteiger partial charge is 0.323 e. The molecule has 0 saturated carbocycles. The molecule has 0 fully saturated rings. The minimum atomic E-state index is -0.125. The van der Waals surface area contributed by atoms with E-state index >= 15 is 0 Å². The molecule has 0 spiro atoms. The van der Waals surface area contributed by atoms with Gasteiger partial charge in [0.05, 0.1) is 0 Å². The predicted molar refractivity (Wildman–Crippen MR) is 93.2 cm³/mol. The summed E-state index contributed by atoms with van der Waals surface area (Å²) >= 11 is 0. The van der Waals surface area contributed by atoms with Crippen LogP contribution in [-0.2, 0) is 4.79 Å². The zero-order chi connectivity index (χ0) is 15.9. The van der Waals surface area contributed by atoms with E-state index in [4.69, 9.17) is 0 Å². The maximum absolute atomic E-state index is 11.6. The molecule has 0 atom stereocenters. The second kappa shape index (κ2) is 12.7. The van der Waals surface area contributed by atoms with Crippen molar-refractivity contribution >= 4 is 17.7 Å². The van der Waals surface area contributed by atoms with E-state index in [0.717, 1.165) is 11.3 Å². The van der Waals surface area contributed by atoms with Crippen LogP contribution in [0, 0.1) is 0 Å². The molecule has 1 amide bonds. The average Bonchev–Trinajstić information content (AvgIpc) is 2.58. The summed E-state index contributed by atoms with van der Waals surface area (Å²) in [5.74, 6) is -0.125. The maximum atomic E-state index is 11.6. The van der Waals surface area contributed by atoms with Crippen LogP contribution in [0.4, 0.5) is 5.69 Å². The van der Waals surface area contributed by atoms with Crippen LogP contribution in [0.1, 0.15) is 33.3 Å². The second-order valence-electron chi connectivity index (χ2n) is 3.60. The summed E-state index contributed by atoms with van der Waals surface area (Å²) < 4.78 is 0. The van der Waals surface area contributed by atoms with Crippen LogP contribution in [0.2, 0.25) is 0 Å². The van der Waals surface area contributed by atoms with E-state index in [2.05, 4.69) is 5.32 Å². The quantitative estimate of drug-likeness (QED) is 0.752. The zero-order valence-electron chi connectivity index (χ0n) is 13.3. The fourth-order valence-corrected chi connectivity index (χ4v) is 1.44. The van der Waals surface area contributed by atoms with E-state index in [1.807, 2.05) is 88.4 Å². The Kier molecular flexibility index (Phi) is 11.3. The molecule has 0 radical (unpaired) electrons. The van der Waals surface area contributed by atoms with Gasteiger partial charge in [0, 0.05) is 11.8 Å². The number of para-hydroxylation sites is 1. The monoisotopic (exact) mass is 283 g/mol. The molecule has 112 valence electrons. The number of benzene rings is 2. The van der Waals surface area contributed by atoms with Gasteiger partial charge in [0.1, 0.15) is 0 Å². The van der Waals surface area contributed by atoms with Crippen LogP contribution in [0.5, 0.6) is 0 Å². The van der Waals surface area contributed by atoms with E-state index in [9.17, 15) is 4.79 Å². The maximum Gasteiger partial charge on any atom is 0.248 e. The lowest BCUT2D eigenvalue weighted by Gasteiger charge is -2.00. The molecule has 0 aromatic heterocycles. The number of carbonyl (C=O) groups excluding carboxylic acids is 1. The molecule has 2 rings (SSSR count). The summed E-state index contributed by atoms with van der Waals surface area (Å²) in [6.45, 7) is 8.00. The highest BCUT2D eigenvalue weighted by atomic mass is 16.1. The Morgan fingerprint density at radius 3 is 1.81 bits per heavy atom. The number of hydrogen-bond acceptors (Lipinski definition) is 1. The van der Waals surface area contributed by atoms with Gasteiger partial charge in [-0.05, 0) is 23.8 Å². The first kappa shape index (κ1) is 18.7. The van der Waals surface area contributed by atoms with Crippen LogP contribution in [0.25, 0.3) is 6.08 Å². The minimum absolute atomic E-state index is 0.125. The highest BCUT2D eigenvalue weighted by molar-refractivity contribution is 6.01. The molecular formula is C19H25NO. The van der Waals surface area contributed by atoms with Crippen molar-refractivity contribution in [1.82, 2.24) is 0 Å². The Morgan fingerprint density at radius 2 is 1.29 bits per heavy atom. The summed E-state index contributed by atoms with van der Waals surface area (Å²) in [6.07, 6.45) is 3.32. The Bertz CT molecular complexity index is 504. The molecule has 0 saturated heterocycles. The van der Waals surface area contributed by atoms with Crippen molar-refractivity contribution in [3.05, 3.63) is 72.3 Å². The van der Waals surface area contributed by atoms with Crippen molar-refractivity contribution in [2.45, 2.75) is 27.7 Å². The van der Waals surface area contributed by atoms with Crippen LogP contribution >= 0.6 is 0 Å². The number of nitrogens with one attached hydrogen (secondary N) is 1. The molecule has 21 heavy (non-hydrogen) atoms. The molecule has 1 N–H and O–H groups in total. The highest BCUT2D eigenvalue weighted by Gasteiger charge is 1.95. The average molecular weight is 283 g/mol. The van der Waals surface area contributed by atoms with Gasteiger partial charge in [0.2, 0.25) is 5.91 Å². The molecule has 0 aliphatic rings. The SMILES string of the molecule is CC.CC.O=C(/C=C/c1ccccc1)Nc1ccccc1. The lowest BCUT2D eigenvalue weighted by atomic mass is 10.2. The Balaban J connectivity index is 0.000000921. The summed E-state index contributed by atoms with van der Waals surface area (Å²) in [4.78, 5) is 11.6. The van der Waals surface area contributed by atoms with Crippen molar-refractivity contribution in [1.29, 1.82) is 0 Å². The van der Waals surface area contributed by atoms with Crippen molar-refractivity contribution in [3.63, 3.8) is 0 Å². The molecule has 0 unspecified atom stereocenters. The van der Waals surface area contributed by atoms with Crippen LogP contribution < -0.4 is 5.32 Å². The number of carbonyl (C=O) groups is 1. The summed E-state index contributed by atoms with van der Waals surface area (Å²) in [6, 6.07) is 19.1. The van der Waals surface area contributed by atoms with Crippen LogP contribution in [0.3, 0.4) is 0 Å². The van der Waals surface area contributed by atoms with Gasteiger partial charge in [-0.1, -0.05) is 76.2 Å². The molecular weight excluding hydrogens is 258 g/mol. The van der Waals surface area contributed by atoms with E-state index in [1.165, 1.54) is 6.08 Å². The Morgan fingerprint density at radius 1 is 0.810 bits per heavy atom. The minimum Gasteiger partial charge on any atom is -0.323 e. The smallest absolute Gasteiger partial charge is 0.248 e. The molecule has 2 aromatic carbocycles. The topological polar surface area (TPSA) is 29.1 Å². The molecule has 2 heteroatoms. The van der Waals surface area contributed by atoms with Gasteiger partial charge in [-0.15, -0.1) is 0 Å². The van der Waals surface area contributed by atoms with Gasteiger partial charge in [-0.3, -0.25) is 4.79 Å². The summed E-state index contributed by atoms with van der Waals surface area (Å²) in [7, 11) is 0. The number of anilines is 1. The van der Waals surface area contributed by atoms with Gasteiger partial charge in [0.25, 0.3) is 0 Å². The standard InChI is InChI=1S/C15H13NO.2C2H6/c17-15(16-14-9-5-2-6-10-14)12-11-13-7-3-1-4-8-13;2*1-2/h1-12H,(H,16,17);2*1-2H3/b12-11+;;. The predicted octanol–water partition coefficient (Wildman–Crippen LogP) is 5.39. The number of rotatable bonds is 3.